The van der Waals surface area contributed by atoms with Gasteiger partial charge in [-0.3, -0.25) is 0 Å². The molecule has 0 heterocycles. The third kappa shape index (κ3) is 2.90. The molecule has 1 aromatic rings. The number of hydrogen-bond acceptors (Lipinski definition) is 4. The number of rotatable bonds is 4. The monoisotopic (exact) mass is 237 g/mol. The van der Waals surface area contributed by atoms with Crippen LogP contribution in [-0.4, -0.2) is 29.5 Å². The number of aromatic hydroxyl groups is 2. The molecule has 3 N–H and O–H groups in total. The van der Waals surface area contributed by atoms with E-state index >= 15 is 0 Å². The molecule has 4 heteroatoms. The Bertz CT molecular complexity index is 381. The van der Waals surface area contributed by atoms with E-state index in [1.54, 1.807) is 19.2 Å². The van der Waals surface area contributed by atoms with Crippen LogP contribution in [0.5, 0.6) is 11.5 Å². The van der Waals surface area contributed by atoms with Gasteiger partial charge in [-0.25, -0.2) is 0 Å². The number of benzene rings is 1. The highest BCUT2D eigenvalue weighted by molar-refractivity contribution is 5.38. The molecule has 0 amide bonds. The van der Waals surface area contributed by atoms with Crippen LogP contribution in [0.2, 0.25) is 0 Å². The van der Waals surface area contributed by atoms with Gasteiger partial charge in [0.05, 0.1) is 6.10 Å². The summed E-state index contributed by atoms with van der Waals surface area (Å²) in [6.45, 7) is 0.594. The van der Waals surface area contributed by atoms with Crippen LogP contribution >= 0.6 is 0 Å². The quantitative estimate of drug-likeness (QED) is 0.746. The SMILES string of the molecule is COC1CCCC1NCc1ccc(O)cc1O. The van der Waals surface area contributed by atoms with Crippen molar-refractivity contribution in [1.82, 2.24) is 5.32 Å². The fraction of sp³-hybridized carbons (Fsp3) is 0.538. The first-order valence-corrected chi connectivity index (χ1v) is 5.97. The zero-order valence-corrected chi connectivity index (χ0v) is 10.0. The lowest BCUT2D eigenvalue weighted by molar-refractivity contribution is 0.0846. The molecule has 0 radical (unpaired) electrons. The first kappa shape index (κ1) is 12.2. The summed E-state index contributed by atoms with van der Waals surface area (Å²) in [6, 6.07) is 5.03. The zero-order chi connectivity index (χ0) is 12.3. The standard InChI is InChI=1S/C13H19NO3/c1-17-13-4-2-3-11(13)14-8-9-5-6-10(15)7-12(9)16/h5-7,11,13-16H,2-4,8H2,1H3. The Morgan fingerprint density at radius 1 is 1.35 bits per heavy atom. The molecule has 4 nitrogen and oxygen atoms in total. The van der Waals surface area contributed by atoms with Crippen molar-refractivity contribution >= 4 is 0 Å². The van der Waals surface area contributed by atoms with Crippen LogP contribution in [0.1, 0.15) is 24.8 Å². The minimum absolute atomic E-state index is 0.0851. The van der Waals surface area contributed by atoms with Crippen LogP contribution in [0.15, 0.2) is 18.2 Å². The van der Waals surface area contributed by atoms with Crippen molar-refractivity contribution in [3.05, 3.63) is 23.8 Å². The summed E-state index contributed by atoms with van der Waals surface area (Å²) in [5.74, 6) is 0.214. The van der Waals surface area contributed by atoms with Gasteiger partial charge in [-0.1, -0.05) is 6.07 Å². The van der Waals surface area contributed by atoms with E-state index in [0.29, 0.717) is 12.6 Å². The number of phenols is 2. The van der Waals surface area contributed by atoms with E-state index in [9.17, 15) is 10.2 Å². The molecule has 0 spiro atoms. The van der Waals surface area contributed by atoms with Crippen molar-refractivity contribution in [2.75, 3.05) is 7.11 Å². The topological polar surface area (TPSA) is 61.7 Å². The average Bonchev–Trinajstić information content (AvgIpc) is 2.75. The smallest absolute Gasteiger partial charge is 0.123 e. The van der Waals surface area contributed by atoms with Crippen molar-refractivity contribution < 1.29 is 14.9 Å². The van der Waals surface area contributed by atoms with E-state index in [1.165, 1.54) is 12.5 Å². The molecule has 1 aromatic carbocycles. The average molecular weight is 237 g/mol. The second-order valence-electron chi connectivity index (χ2n) is 4.51. The van der Waals surface area contributed by atoms with Gasteiger partial charge in [0.2, 0.25) is 0 Å². The van der Waals surface area contributed by atoms with Crippen molar-refractivity contribution in [3.8, 4) is 11.5 Å². The molecule has 0 saturated heterocycles. The highest BCUT2D eigenvalue weighted by atomic mass is 16.5. The summed E-state index contributed by atoms with van der Waals surface area (Å²) in [5.41, 5.74) is 0.796. The summed E-state index contributed by atoms with van der Waals surface area (Å²) in [4.78, 5) is 0. The molecule has 2 unspecified atom stereocenters. The van der Waals surface area contributed by atoms with Gasteiger partial charge in [0.25, 0.3) is 0 Å². The Kier molecular flexibility index (Phi) is 3.86. The summed E-state index contributed by atoms with van der Waals surface area (Å²) >= 11 is 0. The lowest BCUT2D eigenvalue weighted by atomic mass is 10.1. The highest BCUT2D eigenvalue weighted by Gasteiger charge is 2.26. The Morgan fingerprint density at radius 2 is 2.18 bits per heavy atom. The molecule has 0 aromatic heterocycles. The Balaban J connectivity index is 1.93. The molecule has 94 valence electrons. The minimum Gasteiger partial charge on any atom is -0.508 e. The van der Waals surface area contributed by atoms with Gasteiger partial charge in [-0.05, 0) is 25.3 Å². The van der Waals surface area contributed by atoms with Crippen LogP contribution in [0, 0.1) is 0 Å². The second-order valence-corrected chi connectivity index (χ2v) is 4.51. The molecule has 0 bridgehead atoms. The van der Waals surface area contributed by atoms with Gasteiger partial charge in [-0.15, -0.1) is 0 Å². The summed E-state index contributed by atoms with van der Waals surface area (Å²) < 4.78 is 5.40. The van der Waals surface area contributed by atoms with Gasteiger partial charge >= 0.3 is 0 Å². The third-order valence-electron chi connectivity index (χ3n) is 3.38. The van der Waals surface area contributed by atoms with Crippen molar-refractivity contribution in [1.29, 1.82) is 0 Å². The largest absolute Gasteiger partial charge is 0.508 e. The van der Waals surface area contributed by atoms with Crippen LogP contribution in [0.4, 0.5) is 0 Å². The van der Waals surface area contributed by atoms with Gasteiger partial charge in [0.15, 0.2) is 0 Å². The summed E-state index contributed by atoms with van der Waals surface area (Å²) in [7, 11) is 1.74. The molecule has 2 atom stereocenters. The number of nitrogens with one attached hydrogen (secondary N) is 1. The van der Waals surface area contributed by atoms with E-state index in [0.717, 1.165) is 18.4 Å². The maximum Gasteiger partial charge on any atom is 0.123 e. The normalized spacial score (nSPS) is 24.1. The molecule has 17 heavy (non-hydrogen) atoms. The van der Waals surface area contributed by atoms with Gasteiger partial charge < -0.3 is 20.3 Å². The lowest BCUT2D eigenvalue weighted by Gasteiger charge is -2.20. The third-order valence-corrected chi connectivity index (χ3v) is 3.38. The summed E-state index contributed by atoms with van der Waals surface area (Å²) in [5, 5.41) is 22.2. The number of hydrogen-bond donors (Lipinski definition) is 3. The highest BCUT2D eigenvalue weighted by Crippen LogP contribution is 2.25. The second kappa shape index (κ2) is 5.38. The molecule has 1 aliphatic carbocycles. The fourth-order valence-corrected chi connectivity index (χ4v) is 2.38. The van der Waals surface area contributed by atoms with E-state index < -0.39 is 0 Å². The molecular formula is C13H19NO3. The predicted octanol–water partition coefficient (Wildman–Crippen LogP) is 1.75. The maximum atomic E-state index is 9.66. The molecule has 2 rings (SSSR count). The number of methoxy groups -OCH3 is 1. The predicted molar refractivity (Wildman–Crippen MR) is 65.0 cm³/mol. The molecule has 0 aliphatic heterocycles. The minimum atomic E-state index is 0.0851. The molecule has 1 fully saturated rings. The van der Waals surface area contributed by atoms with E-state index in [4.69, 9.17) is 4.74 Å². The van der Waals surface area contributed by atoms with Crippen molar-refractivity contribution in [3.63, 3.8) is 0 Å². The Labute approximate surface area is 101 Å². The van der Waals surface area contributed by atoms with Gasteiger partial charge in [-0.2, -0.15) is 0 Å². The molecular weight excluding hydrogens is 218 g/mol. The van der Waals surface area contributed by atoms with Gasteiger partial charge in [0.1, 0.15) is 11.5 Å². The lowest BCUT2D eigenvalue weighted by Crippen LogP contribution is -2.36. The zero-order valence-electron chi connectivity index (χ0n) is 10.0. The summed E-state index contributed by atoms with van der Waals surface area (Å²) in [6.07, 6.45) is 3.65. The number of ether oxygens (including phenoxy) is 1. The van der Waals surface area contributed by atoms with Crippen molar-refractivity contribution in [2.45, 2.75) is 38.0 Å². The van der Waals surface area contributed by atoms with Crippen LogP contribution in [-0.2, 0) is 11.3 Å². The van der Waals surface area contributed by atoms with Gasteiger partial charge in [0, 0.05) is 31.3 Å². The van der Waals surface area contributed by atoms with Crippen LogP contribution < -0.4 is 5.32 Å². The van der Waals surface area contributed by atoms with E-state index in [1.807, 2.05) is 0 Å². The van der Waals surface area contributed by atoms with E-state index in [2.05, 4.69) is 5.32 Å². The number of phenolic OH excluding ortho intramolecular Hbond substituents is 2. The maximum absolute atomic E-state index is 9.66. The molecule has 1 aliphatic rings. The van der Waals surface area contributed by atoms with Crippen LogP contribution in [0.25, 0.3) is 0 Å². The fourth-order valence-electron chi connectivity index (χ4n) is 2.38. The van der Waals surface area contributed by atoms with Crippen LogP contribution in [0.3, 0.4) is 0 Å². The Morgan fingerprint density at radius 3 is 2.88 bits per heavy atom. The first-order valence-electron chi connectivity index (χ1n) is 5.97. The van der Waals surface area contributed by atoms with E-state index in [-0.39, 0.29) is 17.6 Å². The first-order chi connectivity index (χ1) is 8.20. The van der Waals surface area contributed by atoms with Crippen molar-refractivity contribution in [2.24, 2.45) is 0 Å². The molecule has 1 saturated carbocycles. The Hall–Kier alpha value is -1.26.